The van der Waals surface area contributed by atoms with Crippen molar-refractivity contribution in [1.82, 2.24) is 10.6 Å². The van der Waals surface area contributed by atoms with Gasteiger partial charge < -0.3 is 44.2 Å². The van der Waals surface area contributed by atoms with E-state index in [0.29, 0.717) is 0 Å². The Balaban J connectivity index is 3.22. The van der Waals surface area contributed by atoms with Crippen molar-refractivity contribution in [1.29, 1.82) is 0 Å². The fourth-order valence-electron chi connectivity index (χ4n) is 3.75. The third-order valence-corrected chi connectivity index (χ3v) is 5.40. The largest absolute Gasteiger partial charge is 0.463 e. The van der Waals surface area contributed by atoms with Crippen molar-refractivity contribution in [2.45, 2.75) is 117 Å². The smallest absolute Gasteiger partial charge is 0.328 e. The van der Waals surface area contributed by atoms with E-state index < -0.39 is 103 Å². The molecule has 16 nitrogen and oxygen atoms in total. The van der Waals surface area contributed by atoms with Gasteiger partial charge in [-0.25, -0.2) is 4.79 Å². The van der Waals surface area contributed by atoms with E-state index in [1.54, 1.807) is 20.8 Å². The molecule has 1 aliphatic heterocycles. The summed E-state index contributed by atoms with van der Waals surface area (Å²) in [5.74, 6) is -6.16. The Morgan fingerprint density at radius 2 is 1.31 bits per heavy atom. The van der Waals surface area contributed by atoms with Crippen LogP contribution in [0.15, 0.2) is 0 Å². The SMILES string of the molecule is CC(=O)OC[C@H]1O[C@@H](NC(=O)C[C@](C)(O)C(=O)N[C@@H](C)C(=O)OC(C)(C)C)[C@H](OC(C)=O)[C@@H](OC(C)=O)[C@@H]1OC(C)=O. The number of nitrogens with one attached hydrogen (secondary N) is 2. The van der Waals surface area contributed by atoms with Crippen LogP contribution in [0.25, 0.3) is 0 Å². The summed E-state index contributed by atoms with van der Waals surface area (Å²) in [7, 11) is 0. The number of hydrogen-bond donors (Lipinski definition) is 3. The van der Waals surface area contributed by atoms with Crippen LogP contribution < -0.4 is 10.6 Å². The van der Waals surface area contributed by atoms with Crippen LogP contribution >= 0.6 is 0 Å². The van der Waals surface area contributed by atoms with Gasteiger partial charge in [-0.3, -0.25) is 28.8 Å². The molecule has 1 rings (SSSR count). The quantitative estimate of drug-likeness (QED) is 0.194. The van der Waals surface area contributed by atoms with E-state index >= 15 is 0 Å². The standard InChI is InChI=1S/C26H40N2O14/c1-12(23(34)42-25(6,7)8)27-24(35)26(9,36)10-18(33)28-22-21(40-16(5)32)20(39-15(4)31)19(38-14(3)30)17(41-22)11-37-13(2)29/h12,17,19-22,36H,10-11H2,1-9H3,(H,27,35)(H,28,33)/t12-,17+,19+,20-,21+,22+,26-/m0/s1. The van der Waals surface area contributed by atoms with Crippen LogP contribution in [0.1, 0.15) is 68.7 Å². The van der Waals surface area contributed by atoms with Crippen LogP contribution in [0.2, 0.25) is 0 Å². The molecule has 0 saturated carbocycles. The summed E-state index contributed by atoms with van der Waals surface area (Å²) in [6, 6.07) is -1.16. The lowest BCUT2D eigenvalue weighted by molar-refractivity contribution is -0.257. The number of aliphatic hydroxyl groups is 1. The molecule has 2 amide bonds. The molecule has 0 aliphatic carbocycles. The second-order valence-corrected chi connectivity index (χ2v) is 10.9. The molecule has 16 heteroatoms. The van der Waals surface area contributed by atoms with E-state index in [9.17, 15) is 38.7 Å². The van der Waals surface area contributed by atoms with E-state index in [0.717, 1.165) is 34.6 Å². The zero-order valence-corrected chi connectivity index (χ0v) is 25.1. The Morgan fingerprint density at radius 1 is 0.810 bits per heavy atom. The number of rotatable bonds is 11. The van der Waals surface area contributed by atoms with Crippen molar-refractivity contribution in [3.63, 3.8) is 0 Å². The molecule has 7 atom stereocenters. The normalized spacial score (nSPS) is 24.1. The van der Waals surface area contributed by atoms with Crippen LogP contribution in [0.4, 0.5) is 0 Å². The van der Waals surface area contributed by atoms with Crippen LogP contribution in [0.5, 0.6) is 0 Å². The lowest BCUT2D eigenvalue weighted by Gasteiger charge is -2.44. The minimum atomic E-state index is -2.35. The summed E-state index contributed by atoms with van der Waals surface area (Å²) in [6.45, 7) is 11.0. The van der Waals surface area contributed by atoms with Crippen molar-refractivity contribution in [2.75, 3.05) is 6.61 Å². The monoisotopic (exact) mass is 604 g/mol. The Bertz CT molecular complexity index is 1050. The van der Waals surface area contributed by atoms with Gasteiger partial charge in [0.15, 0.2) is 24.5 Å². The van der Waals surface area contributed by atoms with Gasteiger partial charge in [-0.15, -0.1) is 0 Å². The Labute approximate surface area is 243 Å². The van der Waals surface area contributed by atoms with E-state index in [-0.39, 0.29) is 0 Å². The first-order valence-electron chi connectivity index (χ1n) is 13.0. The van der Waals surface area contributed by atoms with E-state index in [2.05, 4.69) is 10.6 Å². The predicted octanol–water partition coefficient (Wildman–Crippen LogP) is -0.827. The fourth-order valence-corrected chi connectivity index (χ4v) is 3.75. The van der Waals surface area contributed by atoms with Crippen molar-refractivity contribution in [3.8, 4) is 0 Å². The third kappa shape index (κ3) is 12.0. The summed E-state index contributed by atoms with van der Waals surface area (Å²) in [5, 5.41) is 15.4. The van der Waals surface area contributed by atoms with Gasteiger partial charge in [-0.1, -0.05) is 0 Å². The molecule has 0 aromatic rings. The maximum absolute atomic E-state index is 13.0. The van der Waals surface area contributed by atoms with Crippen molar-refractivity contribution >= 4 is 41.7 Å². The first-order chi connectivity index (χ1) is 19.1. The fraction of sp³-hybridized carbons (Fsp3) is 0.731. The van der Waals surface area contributed by atoms with Crippen LogP contribution in [-0.2, 0) is 62.0 Å². The number of carbonyl (C=O) groups excluding carboxylic acids is 7. The van der Waals surface area contributed by atoms with Crippen molar-refractivity contribution in [3.05, 3.63) is 0 Å². The van der Waals surface area contributed by atoms with Gasteiger partial charge in [0.25, 0.3) is 5.91 Å². The van der Waals surface area contributed by atoms with Crippen molar-refractivity contribution in [2.24, 2.45) is 0 Å². The minimum absolute atomic E-state index is 0.521. The highest BCUT2D eigenvalue weighted by Gasteiger charge is 2.53. The molecular formula is C26H40N2O14. The summed E-state index contributed by atoms with van der Waals surface area (Å²) >= 11 is 0. The Hall–Kier alpha value is -3.79. The zero-order valence-electron chi connectivity index (χ0n) is 25.1. The Kier molecular flexibility index (Phi) is 12.9. The summed E-state index contributed by atoms with van der Waals surface area (Å²) in [5.41, 5.74) is -3.18. The van der Waals surface area contributed by atoms with Gasteiger partial charge in [0.1, 0.15) is 30.0 Å². The molecule has 42 heavy (non-hydrogen) atoms. The highest BCUT2D eigenvalue weighted by atomic mass is 16.7. The minimum Gasteiger partial charge on any atom is -0.463 e. The highest BCUT2D eigenvalue weighted by Crippen LogP contribution is 2.28. The molecule has 3 N–H and O–H groups in total. The molecule has 1 saturated heterocycles. The summed E-state index contributed by atoms with van der Waals surface area (Å²) in [6.07, 6.45) is -8.35. The maximum atomic E-state index is 13.0. The van der Waals surface area contributed by atoms with Crippen molar-refractivity contribution < 1.29 is 67.1 Å². The third-order valence-electron chi connectivity index (χ3n) is 5.40. The second kappa shape index (κ2) is 14.9. The molecule has 238 valence electrons. The molecule has 1 fully saturated rings. The van der Waals surface area contributed by atoms with E-state index in [1.807, 2.05) is 0 Å². The number of hydrogen-bond acceptors (Lipinski definition) is 14. The van der Waals surface area contributed by atoms with Gasteiger partial charge in [0, 0.05) is 27.7 Å². The number of amides is 2. The van der Waals surface area contributed by atoms with Gasteiger partial charge in [0.05, 0.1) is 6.42 Å². The lowest BCUT2D eigenvalue weighted by atomic mass is 9.96. The number of carbonyl (C=O) groups is 7. The second-order valence-electron chi connectivity index (χ2n) is 10.9. The predicted molar refractivity (Wildman–Crippen MR) is 139 cm³/mol. The lowest BCUT2D eigenvalue weighted by Crippen LogP contribution is -2.66. The van der Waals surface area contributed by atoms with E-state index in [4.69, 9.17) is 28.4 Å². The topological polar surface area (TPSA) is 219 Å². The van der Waals surface area contributed by atoms with Gasteiger partial charge in [-0.2, -0.15) is 0 Å². The van der Waals surface area contributed by atoms with Crippen LogP contribution in [-0.4, -0.2) is 101 Å². The van der Waals surface area contributed by atoms with Crippen LogP contribution in [0.3, 0.4) is 0 Å². The molecule has 1 heterocycles. The first kappa shape index (κ1) is 36.2. The highest BCUT2D eigenvalue weighted by molar-refractivity contribution is 5.93. The summed E-state index contributed by atoms with van der Waals surface area (Å²) < 4.78 is 31.7. The zero-order chi connectivity index (χ0) is 32.6. The number of esters is 5. The summed E-state index contributed by atoms with van der Waals surface area (Å²) in [4.78, 5) is 85.0. The molecule has 0 bridgehead atoms. The molecule has 0 unspecified atom stereocenters. The average Bonchev–Trinajstić information content (AvgIpc) is 2.79. The Morgan fingerprint density at radius 3 is 1.79 bits per heavy atom. The maximum Gasteiger partial charge on any atom is 0.328 e. The van der Waals surface area contributed by atoms with Gasteiger partial charge in [-0.05, 0) is 34.6 Å². The van der Waals surface area contributed by atoms with E-state index in [1.165, 1.54) is 6.92 Å². The average molecular weight is 605 g/mol. The first-order valence-corrected chi connectivity index (χ1v) is 13.0. The molecule has 1 aliphatic rings. The number of ether oxygens (including phenoxy) is 6. The van der Waals surface area contributed by atoms with Gasteiger partial charge in [0.2, 0.25) is 5.91 Å². The van der Waals surface area contributed by atoms with Gasteiger partial charge >= 0.3 is 29.8 Å². The molecule has 0 radical (unpaired) electrons. The molecular weight excluding hydrogens is 564 g/mol. The molecule has 0 aromatic heterocycles. The molecule has 0 aromatic carbocycles. The molecule has 0 spiro atoms. The van der Waals surface area contributed by atoms with Crippen LogP contribution in [0, 0.1) is 0 Å².